The lowest BCUT2D eigenvalue weighted by Crippen LogP contribution is -2.63. The standard InChI is InChI=1S/C57H65F8N9O10/c1-54(2,56(60,61)62)48(69-52(78)80-5)50(76)68-45(19-33-10-7-32(8-11-33)9-12-34-13-16-47(67-23-34)72-24-36-14-15-37(25-72)74(36)38-28-82-29-38)46(75)27-73(71-51(77)49(70-53(79)81-6)55(3,4)57(63,64)65)26-41-42(58)20-35(21-43(41)59)44-22-39(17-18-66-44)84-40-30-83-31-40/h7-8,10-11,13,16-18,20-23,36-38,40,45-46,48-49,75H,14-15,19,24-31H2,1-6H3,(H,68,76)(H,69,78)(H,70,79)(H,71,77)/t36?,37?,45-,46-,48+,49+/m0/s1. The summed E-state index contributed by atoms with van der Waals surface area (Å²) < 4.78 is 146. The molecule has 4 saturated heterocycles. The van der Waals surface area contributed by atoms with Gasteiger partial charge < -0.3 is 49.6 Å². The minimum atomic E-state index is -5.20. The van der Waals surface area contributed by atoms with Crippen molar-refractivity contribution in [3.8, 4) is 28.8 Å². The Balaban J connectivity index is 1.08. The van der Waals surface area contributed by atoms with E-state index < -0.39 is 108 Å². The third-order valence-electron chi connectivity index (χ3n) is 15.6. The van der Waals surface area contributed by atoms with Crippen molar-refractivity contribution in [2.24, 2.45) is 10.8 Å². The van der Waals surface area contributed by atoms with Gasteiger partial charge in [-0.3, -0.25) is 24.9 Å². The number of carbonyl (C=O) groups excluding carboxylic acids is 4. The largest absolute Gasteiger partial charge is 0.485 e. The van der Waals surface area contributed by atoms with E-state index in [1.165, 1.54) is 30.5 Å². The summed E-state index contributed by atoms with van der Waals surface area (Å²) in [6.07, 6.45) is -10.9. The van der Waals surface area contributed by atoms with Crippen LogP contribution in [0.5, 0.6) is 5.75 Å². The number of hydrazine groups is 1. The number of aromatic nitrogens is 2. The van der Waals surface area contributed by atoms with E-state index in [0.29, 0.717) is 86.5 Å². The van der Waals surface area contributed by atoms with Crippen LogP contribution in [0.25, 0.3) is 11.3 Å². The molecule has 6 heterocycles. The summed E-state index contributed by atoms with van der Waals surface area (Å²) in [7, 11) is 1.66. The number of nitrogens with zero attached hydrogens (tertiary/aromatic N) is 5. The van der Waals surface area contributed by atoms with Gasteiger partial charge in [0.25, 0.3) is 5.91 Å². The molecule has 8 rings (SSSR count). The van der Waals surface area contributed by atoms with Crippen molar-refractivity contribution in [2.75, 3.05) is 65.2 Å². The van der Waals surface area contributed by atoms with Gasteiger partial charge in [0.2, 0.25) is 5.91 Å². The first kappa shape index (κ1) is 62.7. The van der Waals surface area contributed by atoms with Crippen LogP contribution in [0, 0.1) is 34.3 Å². The molecular weight excluding hydrogens is 1120 g/mol. The highest BCUT2D eigenvalue weighted by atomic mass is 19.4. The molecule has 2 aromatic carbocycles. The molecule has 19 nitrogen and oxygen atoms in total. The van der Waals surface area contributed by atoms with Crippen molar-refractivity contribution in [1.29, 1.82) is 0 Å². The molecule has 4 fully saturated rings. The predicted octanol–water partition coefficient (Wildman–Crippen LogP) is 6.20. The zero-order chi connectivity index (χ0) is 60.9. The van der Waals surface area contributed by atoms with Crippen molar-refractivity contribution >= 4 is 29.8 Å². The Bertz CT molecular complexity index is 3030. The van der Waals surface area contributed by atoms with Crippen LogP contribution in [0.15, 0.2) is 73.1 Å². The number of piperazine rings is 1. The maximum atomic E-state index is 16.4. The average molecular weight is 1190 g/mol. The number of pyridine rings is 2. The highest BCUT2D eigenvalue weighted by Gasteiger charge is 2.57. The fourth-order valence-corrected chi connectivity index (χ4v) is 10.2. The molecule has 0 aliphatic carbocycles. The number of aliphatic hydroxyl groups excluding tert-OH is 1. The number of ether oxygens (including phenoxy) is 5. The molecule has 2 unspecified atom stereocenters. The van der Waals surface area contributed by atoms with Crippen LogP contribution in [-0.4, -0.2) is 170 Å². The molecule has 84 heavy (non-hydrogen) atoms. The number of halogens is 8. The van der Waals surface area contributed by atoms with Gasteiger partial charge in [-0.25, -0.2) is 28.4 Å². The van der Waals surface area contributed by atoms with Gasteiger partial charge >= 0.3 is 24.5 Å². The second kappa shape index (κ2) is 25.9. The lowest BCUT2D eigenvalue weighted by atomic mass is 9.82. The van der Waals surface area contributed by atoms with E-state index in [0.717, 1.165) is 71.3 Å². The molecule has 2 bridgehead atoms. The average Bonchev–Trinajstić information content (AvgIpc) is 2.13. The summed E-state index contributed by atoms with van der Waals surface area (Å²) in [6.45, 7) is 4.13. The van der Waals surface area contributed by atoms with Crippen molar-refractivity contribution in [2.45, 2.75) is 114 Å². The number of amides is 4. The number of rotatable bonds is 20. The maximum Gasteiger partial charge on any atom is 0.407 e. The Kier molecular flexibility index (Phi) is 19.3. The summed E-state index contributed by atoms with van der Waals surface area (Å²) >= 11 is 0. The van der Waals surface area contributed by atoms with Gasteiger partial charge in [0.05, 0.1) is 75.4 Å². The third-order valence-corrected chi connectivity index (χ3v) is 15.6. The van der Waals surface area contributed by atoms with Crippen LogP contribution in [0.4, 0.5) is 50.5 Å². The smallest absolute Gasteiger partial charge is 0.407 e. The molecule has 2 aromatic heterocycles. The van der Waals surface area contributed by atoms with E-state index in [-0.39, 0.29) is 17.4 Å². The number of methoxy groups -OCH3 is 2. The Labute approximate surface area is 479 Å². The van der Waals surface area contributed by atoms with E-state index >= 15 is 8.78 Å². The lowest BCUT2D eigenvalue weighted by molar-refractivity contribution is -0.221. The van der Waals surface area contributed by atoms with Crippen LogP contribution in [-0.2, 0) is 41.5 Å². The van der Waals surface area contributed by atoms with Crippen LogP contribution >= 0.6 is 0 Å². The summed E-state index contributed by atoms with van der Waals surface area (Å²) in [5, 5.41) is 18.8. The monoisotopic (exact) mass is 1190 g/mol. The van der Waals surface area contributed by atoms with Gasteiger partial charge in [-0.1, -0.05) is 24.0 Å². The number of alkyl halides is 6. The van der Waals surface area contributed by atoms with Crippen LogP contribution in [0.3, 0.4) is 0 Å². The number of alkyl carbamates (subject to hydrolysis) is 2. The number of carbonyl (C=O) groups is 4. The number of anilines is 1. The van der Waals surface area contributed by atoms with E-state index in [4.69, 9.17) is 19.2 Å². The Morgan fingerprint density at radius 1 is 0.738 bits per heavy atom. The molecule has 4 aromatic rings. The lowest BCUT2D eigenvalue weighted by Gasteiger charge is -2.47. The van der Waals surface area contributed by atoms with Crippen LogP contribution in [0.2, 0.25) is 0 Å². The zero-order valence-corrected chi connectivity index (χ0v) is 46.7. The SMILES string of the molecule is COC(=O)N[C@H](C(=O)N[C@@H](Cc1ccc(C#Cc2ccc(N3CC4CCC(C3)N4C3COC3)nc2)cc1)[C@@H](O)CN(Cc1c(F)cc(-c2cc(OC3COC3)ccn2)cc1F)NC(=O)[C@@H](NC(=O)OC)C(C)(C)C(F)(F)F)C(C)(C)C(F)(F)F. The first-order chi connectivity index (χ1) is 39.6. The highest BCUT2D eigenvalue weighted by molar-refractivity contribution is 5.87. The predicted molar refractivity (Wildman–Crippen MR) is 285 cm³/mol. The van der Waals surface area contributed by atoms with Crippen LogP contribution in [0.1, 0.15) is 62.8 Å². The summed E-state index contributed by atoms with van der Waals surface area (Å²) in [4.78, 5) is 67.0. The third kappa shape index (κ3) is 14.6. The Morgan fingerprint density at radius 2 is 1.30 bits per heavy atom. The van der Waals surface area contributed by atoms with Crippen molar-refractivity contribution in [1.82, 2.24) is 41.3 Å². The fraction of sp³-hybridized carbons (Fsp3) is 0.509. The number of nitrogens with one attached hydrogen (secondary N) is 4. The number of benzene rings is 2. The number of hydrogen-bond donors (Lipinski definition) is 5. The van der Waals surface area contributed by atoms with Gasteiger partial charge in [-0.2, -0.15) is 26.3 Å². The second-order valence-corrected chi connectivity index (χ2v) is 22.2. The normalized spacial score (nSPS) is 19.1. The molecule has 0 saturated carbocycles. The van der Waals surface area contributed by atoms with Gasteiger partial charge in [0.15, 0.2) is 0 Å². The molecule has 454 valence electrons. The minimum absolute atomic E-state index is 0.0603. The molecular formula is C57H65F8N9O10. The van der Waals surface area contributed by atoms with Gasteiger partial charge in [0.1, 0.15) is 41.4 Å². The van der Waals surface area contributed by atoms with Crippen molar-refractivity contribution in [3.05, 3.63) is 107 Å². The molecule has 4 amide bonds. The van der Waals surface area contributed by atoms with Crippen molar-refractivity contribution < 1.29 is 83.1 Å². The zero-order valence-electron chi connectivity index (χ0n) is 46.7. The molecule has 6 atom stereocenters. The second-order valence-electron chi connectivity index (χ2n) is 22.2. The first-order valence-corrected chi connectivity index (χ1v) is 26.9. The van der Waals surface area contributed by atoms with Gasteiger partial charge in [-0.15, -0.1) is 0 Å². The number of fused-ring (bicyclic) bond motifs is 2. The Hall–Kier alpha value is -7.38. The van der Waals surface area contributed by atoms with E-state index in [1.807, 2.05) is 22.8 Å². The Morgan fingerprint density at radius 3 is 1.81 bits per heavy atom. The first-order valence-electron chi connectivity index (χ1n) is 26.9. The number of aliphatic hydroxyl groups is 1. The summed E-state index contributed by atoms with van der Waals surface area (Å²) in [5.74, 6) is 1.55. The molecule has 0 spiro atoms. The highest BCUT2D eigenvalue weighted by Crippen LogP contribution is 2.42. The summed E-state index contributed by atoms with van der Waals surface area (Å²) in [5.41, 5.74) is -3.44. The van der Waals surface area contributed by atoms with Gasteiger partial charge in [0, 0.05) is 79.0 Å². The van der Waals surface area contributed by atoms with Crippen molar-refractivity contribution in [3.63, 3.8) is 0 Å². The fourth-order valence-electron chi connectivity index (χ4n) is 10.2. The van der Waals surface area contributed by atoms with E-state index in [9.17, 15) is 50.6 Å². The molecule has 0 radical (unpaired) electrons. The molecule has 4 aliphatic heterocycles. The maximum absolute atomic E-state index is 16.4. The topological polar surface area (TPSA) is 218 Å². The van der Waals surface area contributed by atoms with E-state index in [2.05, 4.69) is 46.8 Å². The number of hydrogen-bond acceptors (Lipinski definition) is 15. The molecule has 27 heteroatoms. The van der Waals surface area contributed by atoms with Crippen LogP contribution < -0.4 is 31.0 Å². The summed E-state index contributed by atoms with van der Waals surface area (Å²) in [6, 6.07) is 9.27. The molecule has 5 N–H and O–H groups in total. The van der Waals surface area contributed by atoms with Gasteiger partial charge in [-0.05, 0) is 95.0 Å². The van der Waals surface area contributed by atoms with E-state index in [1.54, 1.807) is 18.3 Å². The molecule has 4 aliphatic rings. The quantitative estimate of drug-likeness (QED) is 0.0378. The minimum Gasteiger partial charge on any atom is -0.485 e.